The molecule has 2 aromatic heterocycles. The van der Waals surface area contributed by atoms with Gasteiger partial charge in [0.15, 0.2) is 0 Å². The molecule has 0 radical (unpaired) electrons. The second-order valence-electron chi connectivity index (χ2n) is 4.52. The van der Waals surface area contributed by atoms with Gasteiger partial charge in [0.05, 0.1) is 0 Å². The van der Waals surface area contributed by atoms with E-state index in [9.17, 15) is 5.11 Å². The van der Waals surface area contributed by atoms with Crippen molar-refractivity contribution >= 4 is 22.3 Å². The average molecular weight is 258 g/mol. The van der Waals surface area contributed by atoms with Gasteiger partial charge in [-0.3, -0.25) is 0 Å². The van der Waals surface area contributed by atoms with E-state index in [0.29, 0.717) is 5.76 Å². The Kier molecular flexibility index (Phi) is 2.73. The maximum absolute atomic E-state index is 10.3. The number of aliphatic hydroxyl groups excluding tert-OH is 1. The van der Waals surface area contributed by atoms with Gasteiger partial charge in [-0.1, -0.05) is 11.6 Å². The van der Waals surface area contributed by atoms with Crippen LogP contribution in [-0.2, 0) is 0 Å². The highest BCUT2D eigenvalue weighted by Gasteiger charge is 2.18. The highest BCUT2D eigenvalue weighted by molar-refractivity contribution is 7.10. The van der Waals surface area contributed by atoms with Crippen molar-refractivity contribution in [2.45, 2.75) is 20.0 Å². The van der Waals surface area contributed by atoms with Crippen LogP contribution in [0.1, 0.15) is 27.9 Å². The van der Waals surface area contributed by atoms with Crippen LogP contribution in [0.15, 0.2) is 40.1 Å². The fourth-order valence-electron chi connectivity index (χ4n) is 2.15. The van der Waals surface area contributed by atoms with Crippen molar-refractivity contribution in [2.24, 2.45) is 0 Å². The van der Waals surface area contributed by atoms with Crippen LogP contribution in [-0.4, -0.2) is 5.11 Å². The summed E-state index contributed by atoms with van der Waals surface area (Å²) in [5.74, 6) is 0.608. The summed E-state index contributed by atoms with van der Waals surface area (Å²) in [5.41, 5.74) is 2.94. The Morgan fingerprint density at radius 3 is 2.72 bits per heavy atom. The molecule has 0 aliphatic rings. The molecule has 3 heteroatoms. The Balaban J connectivity index is 2.07. The van der Waals surface area contributed by atoms with E-state index < -0.39 is 6.10 Å². The van der Waals surface area contributed by atoms with Gasteiger partial charge >= 0.3 is 0 Å². The highest BCUT2D eigenvalue weighted by Crippen LogP contribution is 2.31. The highest BCUT2D eigenvalue weighted by atomic mass is 32.1. The molecule has 0 aliphatic carbocycles. The number of furan rings is 1. The summed E-state index contributed by atoms with van der Waals surface area (Å²) in [5, 5.41) is 13.4. The third-order valence-electron chi connectivity index (χ3n) is 3.15. The van der Waals surface area contributed by atoms with Crippen molar-refractivity contribution in [3.05, 3.63) is 57.5 Å². The average Bonchev–Trinajstić information content (AvgIpc) is 2.93. The van der Waals surface area contributed by atoms with Crippen LogP contribution in [0.3, 0.4) is 0 Å². The van der Waals surface area contributed by atoms with Crippen molar-refractivity contribution in [3.63, 3.8) is 0 Å². The van der Waals surface area contributed by atoms with Crippen molar-refractivity contribution in [1.82, 2.24) is 0 Å². The third-order valence-corrected chi connectivity index (χ3v) is 4.02. The van der Waals surface area contributed by atoms with Crippen molar-refractivity contribution < 1.29 is 9.52 Å². The van der Waals surface area contributed by atoms with Crippen LogP contribution >= 0.6 is 11.3 Å². The second kappa shape index (κ2) is 4.26. The van der Waals surface area contributed by atoms with E-state index in [1.165, 1.54) is 5.56 Å². The maximum Gasteiger partial charge on any atom is 0.138 e. The first-order valence-electron chi connectivity index (χ1n) is 5.87. The minimum Gasteiger partial charge on any atom is -0.458 e. The zero-order chi connectivity index (χ0) is 12.7. The van der Waals surface area contributed by atoms with E-state index in [1.54, 1.807) is 11.3 Å². The number of benzene rings is 1. The van der Waals surface area contributed by atoms with Gasteiger partial charge in [-0.2, -0.15) is 0 Å². The first-order valence-corrected chi connectivity index (χ1v) is 6.75. The largest absolute Gasteiger partial charge is 0.458 e. The van der Waals surface area contributed by atoms with Crippen LogP contribution in [0, 0.1) is 13.8 Å². The fraction of sp³-hybridized carbons (Fsp3) is 0.200. The van der Waals surface area contributed by atoms with Gasteiger partial charge in [-0.05, 0) is 43.5 Å². The molecule has 1 unspecified atom stereocenters. The van der Waals surface area contributed by atoms with Gasteiger partial charge in [0.25, 0.3) is 0 Å². The van der Waals surface area contributed by atoms with Crippen LogP contribution < -0.4 is 0 Å². The minimum absolute atomic E-state index is 0.608. The Bertz CT molecular complexity index is 693. The molecule has 0 aliphatic heterocycles. The number of hydrogen-bond donors (Lipinski definition) is 1. The van der Waals surface area contributed by atoms with Crippen LogP contribution in [0.5, 0.6) is 0 Å². The topological polar surface area (TPSA) is 33.4 Å². The smallest absolute Gasteiger partial charge is 0.138 e. The Morgan fingerprint density at radius 2 is 2.00 bits per heavy atom. The molecule has 1 atom stereocenters. The first kappa shape index (κ1) is 11.5. The summed E-state index contributed by atoms with van der Waals surface area (Å²) in [4.78, 5) is 1.12. The van der Waals surface area contributed by atoms with E-state index >= 15 is 0 Å². The SMILES string of the molecule is Cc1ccc2oc(C(O)c3ccsc3C)cc2c1. The van der Waals surface area contributed by atoms with Crippen LogP contribution in [0.2, 0.25) is 0 Å². The zero-order valence-corrected chi connectivity index (χ0v) is 11.1. The van der Waals surface area contributed by atoms with Crippen LogP contribution in [0.4, 0.5) is 0 Å². The lowest BCUT2D eigenvalue weighted by atomic mass is 10.1. The summed E-state index contributed by atoms with van der Waals surface area (Å²) in [6, 6.07) is 9.89. The van der Waals surface area contributed by atoms with Crippen molar-refractivity contribution in [1.29, 1.82) is 0 Å². The number of aryl methyl sites for hydroxylation is 2. The molecule has 2 nitrogen and oxygen atoms in total. The van der Waals surface area contributed by atoms with E-state index in [2.05, 4.69) is 6.07 Å². The molecule has 0 saturated heterocycles. The Morgan fingerprint density at radius 1 is 1.17 bits per heavy atom. The molecule has 2 heterocycles. The minimum atomic E-state index is -0.677. The number of thiophene rings is 1. The quantitative estimate of drug-likeness (QED) is 0.747. The molecule has 92 valence electrons. The second-order valence-corrected chi connectivity index (χ2v) is 5.64. The third kappa shape index (κ3) is 1.85. The molecule has 1 aromatic carbocycles. The predicted octanol–water partition coefficient (Wildman–Crippen LogP) is 4.19. The van der Waals surface area contributed by atoms with E-state index in [1.807, 2.05) is 43.5 Å². The zero-order valence-electron chi connectivity index (χ0n) is 10.3. The summed E-state index contributed by atoms with van der Waals surface area (Å²) in [6.07, 6.45) is -0.677. The van der Waals surface area contributed by atoms with Gasteiger partial charge in [-0.15, -0.1) is 11.3 Å². The van der Waals surface area contributed by atoms with Gasteiger partial charge in [0.1, 0.15) is 17.4 Å². The van der Waals surface area contributed by atoms with Crippen LogP contribution in [0.25, 0.3) is 11.0 Å². The fourth-order valence-corrected chi connectivity index (χ4v) is 2.88. The van der Waals surface area contributed by atoms with Crippen molar-refractivity contribution in [2.75, 3.05) is 0 Å². The Hall–Kier alpha value is -1.58. The molecule has 1 N–H and O–H groups in total. The van der Waals surface area contributed by atoms with E-state index in [4.69, 9.17) is 4.42 Å². The number of fused-ring (bicyclic) bond motifs is 1. The van der Waals surface area contributed by atoms with Crippen molar-refractivity contribution in [3.8, 4) is 0 Å². The molecule has 0 amide bonds. The normalized spacial score (nSPS) is 13.1. The summed E-state index contributed by atoms with van der Waals surface area (Å²) >= 11 is 1.64. The molecular weight excluding hydrogens is 244 g/mol. The maximum atomic E-state index is 10.3. The molecule has 0 saturated carbocycles. The van der Waals surface area contributed by atoms with E-state index in [-0.39, 0.29) is 0 Å². The Labute approximate surface area is 109 Å². The molecular formula is C15H14O2S. The lowest BCUT2D eigenvalue weighted by molar-refractivity contribution is 0.192. The predicted molar refractivity (Wildman–Crippen MR) is 74.1 cm³/mol. The molecule has 3 rings (SSSR count). The lowest BCUT2D eigenvalue weighted by Gasteiger charge is -2.06. The molecule has 0 fully saturated rings. The van der Waals surface area contributed by atoms with Gasteiger partial charge < -0.3 is 9.52 Å². The summed E-state index contributed by atoms with van der Waals surface area (Å²) in [6.45, 7) is 4.06. The first-order chi connectivity index (χ1) is 8.65. The molecule has 3 aromatic rings. The summed E-state index contributed by atoms with van der Waals surface area (Å²) < 4.78 is 5.72. The lowest BCUT2D eigenvalue weighted by Crippen LogP contribution is -1.97. The molecule has 0 spiro atoms. The molecule has 18 heavy (non-hydrogen) atoms. The number of hydrogen-bond acceptors (Lipinski definition) is 3. The molecule has 0 bridgehead atoms. The number of rotatable bonds is 2. The van der Waals surface area contributed by atoms with Gasteiger partial charge in [-0.25, -0.2) is 0 Å². The van der Waals surface area contributed by atoms with E-state index in [0.717, 1.165) is 21.4 Å². The number of aliphatic hydroxyl groups is 1. The monoisotopic (exact) mass is 258 g/mol. The standard InChI is InChI=1S/C15H14O2S/c1-9-3-4-13-11(7-9)8-14(17-13)15(16)12-5-6-18-10(12)2/h3-8,15-16H,1-2H3. The van der Waals surface area contributed by atoms with Gasteiger partial charge in [0, 0.05) is 15.8 Å². The summed E-state index contributed by atoms with van der Waals surface area (Å²) in [7, 11) is 0. The van der Waals surface area contributed by atoms with Gasteiger partial charge in [0.2, 0.25) is 0 Å².